The van der Waals surface area contributed by atoms with Gasteiger partial charge in [0.25, 0.3) is 0 Å². The number of aryl methyl sites for hydroxylation is 1. The Morgan fingerprint density at radius 2 is 2.00 bits per heavy atom. The highest BCUT2D eigenvalue weighted by molar-refractivity contribution is 7.11. The lowest BCUT2D eigenvalue weighted by Crippen LogP contribution is -2.33. The van der Waals surface area contributed by atoms with Gasteiger partial charge in [-0.2, -0.15) is 0 Å². The van der Waals surface area contributed by atoms with Crippen LogP contribution in [-0.4, -0.2) is 28.2 Å². The van der Waals surface area contributed by atoms with Crippen LogP contribution in [0, 0.1) is 18.7 Å². The molecule has 2 aromatic rings. The molecule has 0 N–H and O–H groups in total. The number of benzene rings is 1. The molecule has 0 radical (unpaired) electrons. The summed E-state index contributed by atoms with van der Waals surface area (Å²) in [5.41, 5.74) is 0.857. The SMILES string of the molecule is Cc1nnc(CN2CCC(Cc3ccccc3F)CC2)s1. The molecule has 1 aliphatic heterocycles. The Morgan fingerprint density at radius 3 is 2.67 bits per heavy atom. The minimum Gasteiger partial charge on any atom is -0.297 e. The van der Waals surface area contributed by atoms with Crippen LogP contribution in [0.15, 0.2) is 24.3 Å². The first-order chi connectivity index (χ1) is 10.2. The highest BCUT2D eigenvalue weighted by Crippen LogP contribution is 2.24. The van der Waals surface area contributed by atoms with Crippen molar-refractivity contribution < 1.29 is 4.39 Å². The number of hydrogen-bond donors (Lipinski definition) is 0. The minimum absolute atomic E-state index is 0.0655. The predicted molar refractivity (Wildman–Crippen MR) is 82.8 cm³/mol. The molecular weight excluding hydrogens is 285 g/mol. The molecule has 0 amide bonds. The first-order valence-corrected chi connectivity index (χ1v) is 8.27. The van der Waals surface area contributed by atoms with Crippen LogP contribution in [0.1, 0.15) is 28.4 Å². The largest absolute Gasteiger partial charge is 0.297 e. The number of aromatic nitrogens is 2. The summed E-state index contributed by atoms with van der Waals surface area (Å²) in [4.78, 5) is 2.43. The van der Waals surface area contributed by atoms with E-state index in [4.69, 9.17) is 0 Å². The maximum Gasteiger partial charge on any atom is 0.131 e. The van der Waals surface area contributed by atoms with E-state index in [-0.39, 0.29) is 5.82 Å². The standard InChI is InChI=1S/C16H20FN3S/c1-12-18-19-16(21-12)11-20-8-6-13(7-9-20)10-14-4-2-3-5-15(14)17/h2-5,13H,6-11H2,1H3. The maximum atomic E-state index is 13.7. The van der Waals surface area contributed by atoms with Crippen LogP contribution in [0.5, 0.6) is 0 Å². The molecule has 21 heavy (non-hydrogen) atoms. The molecule has 112 valence electrons. The summed E-state index contributed by atoms with van der Waals surface area (Å²) in [7, 11) is 0. The fourth-order valence-electron chi connectivity index (χ4n) is 2.92. The van der Waals surface area contributed by atoms with Gasteiger partial charge in [0.05, 0.1) is 6.54 Å². The highest BCUT2D eigenvalue weighted by atomic mass is 32.1. The zero-order valence-corrected chi connectivity index (χ0v) is 13.1. The monoisotopic (exact) mass is 305 g/mol. The van der Waals surface area contributed by atoms with Crippen molar-refractivity contribution in [3.8, 4) is 0 Å². The second-order valence-electron chi connectivity index (χ2n) is 5.73. The maximum absolute atomic E-state index is 13.7. The van der Waals surface area contributed by atoms with E-state index in [1.807, 2.05) is 19.1 Å². The van der Waals surface area contributed by atoms with E-state index < -0.39 is 0 Å². The number of hydrogen-bond acceptors (Lipinski definition) is 4. The number of nitrogens with zero attached hydrogens (tertiary/aromatic N) is 3. The van der Waals surface area contributed by atoms with Crippen LogP contribution in [0.4, 0.5) is 4.39 Å². The van der Waals surface area contributed by atoms with Gasteiger partial charge in [-0.15, -0.1) is 21.5 Å². The molecule has 1 fully saturated rings. The normalized spacial score (nSPS) is 17.2. The fourth-order valence-corrected chi connectivity index (χ4v) is 3.67. The lowest BCUT2D eigenvalue weighted by atomic mass is 9.90. The summed E-state index contributed by atoms with van der Waals surface area (Å²) in [6.45, 7) is 5.02. The molecule has 0 unspecified atom stereocenters. The van der Waals surface area contributed by atoms with Gasteiger partial charge in [-0.25, -0.2) is 4.39 Å². The van der Waals surface area contributed by atoms with Crippen molar-refractivity contribution in [2.75, 3.05) is 13.1 Å². The van der Waals surface area contributed by atoms with E-state index >= 15 is 0 Å². The van der Waals surface area contributed by atoms with E-state index in [0.717, 1.165) is 54.5 Å². The molecule has 1 aliphatic rings. The van der Waals surface area contributed by atoms with Crippen molar-refractivity contribution in [3.05, 3.63) is 45.7 Å². The summed E-state index contributed by atoms with van der Waals surface area (Å²) in [6.07, 6.45) is 3.12. The minimum atomic E-state index is -0.0655. The van der Waals surface area contributed by atoms with Crippen molar-refractivity contribution >= 4 is 11.3 Å². The van der Waals surface area contributed by atoms with Gasteiger partial charge in [0.1, 0.15) is 15.8 Å². The van der Waals surface area contributed by atoms with Gasteiger partial charge >= 0.3 is 0 Å². The van der Waals surface area contributed by atoms with Gasteiger partial charge in [-0.05, 0) is 56.8 Å². The molecule has 5 heteroatoms. The van der Waals surface area contributed by atoms with Crippen LogP contribution < -0.4 is 0 Å². The lowest BCUT2D eigenvalue weighted by molar-refractivity contribution is 0.176. The molecule has 2 heterocycles. The molecule has 0 saturated carbocycles. The zero-order chi connectivity index (χ0) is 14.7. The molecule has 3 nitrogen and oxygen atoms in total. The third-order valence-electron chi connectivity index (χ3n) is 4.10. The number of rotatable bonds is 4. The van der Waals surface area contributed by atoms with Crippen molar-refractivity contribution in [3.63, 3.8) is 0 Å². The highest BCUT2D eigenvalue weighted by Gasteiger charge is 2.21. The van der Waals surface area contributed by atoms with Gasteiger partial charge in [0.2, 0.25) is 0 Å². The topological polar surface area (TPSA) is 29.0 Å². The summed E-state index contributed by atoms with van der Waals surface area (Å²) < 4.78 is 13.7. The van der Waals surface area contributed by atoms with Crippen molar-refractivity contribution in [1.82, 2.24) is 15.1 Å². The number of piperidine rings is 1. The quantitative estimate of drug-likeness (QED) is 0.866. The molecule has 1 saturated heterocycles. The van der Waals surface area contributed by atoms with Gasteiger partial charge in [-0.1, -0.05) is 18.2 Å². The smallest absolute Gasteiger partial charge is 0.131 e. The Morgan fingerprint density at radius 1 is 1.24 bits per heavy atom. The van der Waals surface area contributed by atoms with Crippen molar-refractivity contribution in [1.29, 1.82) is 0 Å². The fraction of sp³-hybridized carbons (Fsp3) is 0.500. The van der Waals surface area contributed by atoms with Crippen molar-refractivity contribution in [2.24, 2.45) is 5.92 Å². The third-order valence-corrected chi connectivity index (χ3v) is 4.92. The van der Waals surface area contributed by atoms with E-state index in [1.54, 1.807) is 23.5 Å². The Hall–Kier alpha value is -1.33. The van der Waals surface area contributed by atoms with E-state index in [2.05, 4.69) is 15.1 Å². The molecule has 1 aromatic heterocycles. The van der Waals surface area contributed by atoms with E-state index in [9.17, 15) is 4.39 Å². The van der Waals surface area contributed by atoms with Gasteiger partial charge in [0.15, 0.2) is 0 Å². The van der Waals surface area contributed by atoms with Gasteiger partial charge in [-0.3, -0.25) is 4.90 Å². The molecule has 0 bridgehead atoms. The average Bonchev–Trinajstić information content (AvgIpc) is 2.89. The second kappa shape index (κ2) is 6.62. The van der Waals surface area contributed by atoms with Gasteiger partial charge in [0, 0.05) is 0 Å². The lowest BCUT2D eigenvalue weighted by Gasteiger charge is -2.31. The Kier molecular flexibility index (Phi) is 4.60. The Labute approximate surface area is 128 Å². The molecular formula is C16H20FN3S. The second-order valence-corrected chi connectivity index (χ2v) is 7.00. The Bertz CT molecular complexity index is 591. The molecule has 1 aromatic carbocycles. The van der Waals surface area contributed by atoms with Crippen LogP contribution in [0.3, 0.4) is 0 Å². The molecule has 3 rings (SSSR count). The van der Waals surface area contributed by atoms with Gasteiger partial charge < -0.3 is 0 Å². The average molecular weight is 305 g/mol. The summed E-state index contributed by atoms with van der Waals surface area (Å²) in [5.74, 6) is 0.526. The molecule has 0 aliphatic carbocycles. The zero-order valence-electron chi connectivity index (χ0n) is 12.3. The summed E-state index contributed by atoms with van der Waals surface area (Å²) >= 11 is 1.67. The van der Waals surface area contributed by atoms with Crippen molar-refractivity contribution in [2.45, 2.75) is 32.7 Å². The Balaban J connectivity index is 1.50. The molecule has 0 atom stereocenters. The summed E-state index contributed by atoms with van der Waals surface area (Å²) in [5, 5.41) is 10.4. The van der Waals surface area contributed by atoms with Crippen LogP contribution in [0.25, 0.3) is 0 Å². The van der Waals surface area contributed by atoms with Crippen LogP contribution in [0.2, 0.25) is 0 Å². The van der Waals surface area contributed by atoms with Crippen LogP contribution >= 0.6 is 11.3 Å². The van der Waals surface area contributed by atoms with Crippen LogP contribution in [-0.2, 0) is 13.0 Å². The first kappa shape index (κ1) is 14.6. The number of halogens is 1. The van der Waals surface area contributed by atoms with E-state index in [0.29, 0.717) is 5.92 Å². The predicted octanol–water partition coefficient (Wildman–Crippen LogP) is 3.44. The number of likely N-dealkylation sites (tertiary alicyclic amines) is 1. The molecule has 0 spiro atoms. The third kappa shape index (κ3) is 3.86. The first-order valence-electron chi connectivity index (χ1n) is 7.45. The van der Waals surface area contributed by atoms with E-state index in [1.165, 1.54) is 0 Å². The summed E-state index contributed by atoms with van der Waals surface area (Å²) in [6, 6.07) is 7.14.